The van der Waals surface area contributed by atoms with Gasteiger partial charge in [-0.2, -0.15) is 0 Å². The molecule has 7 heteroatoms. The molecule has 1 N–H and O–H groups in total. The van der Waals surface area contributed by atoms with Crippen molar-refractivity contribution in [1.29, 1.82) is 0 Å². The fourth-order valence-electron chi connectivity index (χ4n) is 3.60. The van der Waals surface area contributed by atoms with E-state index < -0.39 is 12.1 Å². The first-order valence-electron chi connectivity index (χ1n) is 11.8. The lowest BCUT2D eigenvalue weighted by Crippen LogP contribution is -2.24. The standard InChI is InChI=1S/C29H31NO6/c1-19-7-5-8-20(2)29(19)36-25-17-13-23(14-18-25)30-26(31)9-6-10-27(32)35-21(3)28(33)22-11-15-24(34-4)16-12-22/h5,7-8,11-18,21H,6,9-10H2,1-4H3,(H,30,31). The van der Waals surface area contributed by atoms with E-state index in [4.69, 9.17) is 14.2 Å². The third-order valence-electron chi connectivity index (χ3n) is 5.60. The van der Waals surface area contributed by atoms with Crippen LogP contribution in [-0.2, 0) is 14.3 Å². The number of aryl methyl sites for hydroxylation is 2. The Balaban J connectivity index is 1.40. The molecule has 0 saturated heterocycles. The molecule has 0 fully saturated rings. The van der Waals surface area contributed by atoms with E-state index in [1.165, 1.54) is 6.92 Å². The van der Waals surface area contributed by atoms with Crippen LogP contribution in [0.25, 0.3) is 0 Å². The molecule has 3 rings (SSSR count). The number of anilines is 1. The van der Waals surface area contributed by atoms with Crippen molar-refractivity contribution >= 4 is 23.3 Å². The van der Waals surface area contributed by atoms with Gasteiger partial charge in [-0.15, -0.1) is 0 Å². The van der Waals surface area contributed by atoms with E-state index in [9.17, 15) is 14.4 Å². The van der Waals surface area contributed by atoms with Crippen LogP contribution in [0, 0.1) is 13.8 Å². The van der Waals surface area contributed by atoms with Gasteiger partial charge in [0.2, 0.25) is 11.7 Å². The zero-order chi connectivity index (χ0) is 26.1. The number of carbonyl (C=O) groups is 3. The highest BCUT2D eigenvalue weighted by Crippen LogP contribution is 2.29. The molecular weight excluding hydrogens is 458 g/mol. The van der Waals surface area contributed by atoms with Gasteiger partial charge >= 0.3 is 5.97 Å². The zero-order valence-electron chi connectivity index (χ0n) is 21.0. The van der Waals surface area contributed by atoms with Gasteiger partial charge in [0.05, 0.1) is 7.11 Å². The minimum Gasteiger partial charge on any atom is -0.497 e. The molecule has 0 bridgehead atoms. The van der Waals surface area contributed by atoms with Crippen molar-refractivity contribution in [2.24, 2.45) is 0 Å². The smallest absolute Gasteiger partial charge is 0.306 e. The number of rotatable bonds is 11. The van der Waals surface area contributed by atoms with Gasteiger partial charge in [-0.1, -0.05) is 18.2 Å². The molecule has 1 unspecified atom stereocenters. The van der Waals surface area contributed by atoms with Crippen LogP contribution < -0.4 is 14.8 Å². The van der Waals surface area contributed by atoms with Crippen LogP contribution in [0.3, 0.4) is 0 Å². The fourth-order valence-corrected chi connectivity index (χ4v) is 3.60. The van der Waals surface area contributed by atoms with Gasteiger partial charge in [-0.3, -0.25) is 14.4 Å². The molecule has 0 aromatic heterocycles. The van der Waals surface area contributed by atoms with Crippen molar-refractivity contribution in [3.05, 3.63) is 83.4 Å². The quantitative estimate of drug-likeness (QED) is 0.261. The number of methoxy groups -OCH3 is 1. The van der Waals surface area contributed by atoms with Crippen LogP contribution in [0.1, 0.15) is 47.7 Å². The van der Waals surface area contributed by atoms with Crippen molar-refractivity contribution in [2.75, 3.05) is 12.4 Å². The van der Waals surface area contributed by atoms with E-state index in [1.54, 1.807) is 55.6 Å². The normalized spacial score (nSPS) is 11.3. The van der Waals surface area contributed by atoms with Gasteiger partial charge < -0.3 is 19.5 Å². The summed E-state index contributed by atoms with van der Waals surface area (Å²) in [6, 6.07) is 19.7. The number of ketones is 1. The third kappa shape index (κ3) is 7.43. The monoisotopic (exact) mass is 489 g/mol. The molecule has 0 aliphatic carbocycles. The summed E-state index contributed by atoms with van der Waals surface area (Å²) in [7, 11) is 1.54. The van der Waals surface area contributed by atoms with Crippen LogP contribution in [0.2, 0.25) is 0 Å². The van der Waals surface area contributed by atoms with Gasteiger partial charge in [0, 0.05) is 24.1 Å². The Bertz CT molecular complexity index is 1180. The van der Waals surface area contributed by atoms with Gasteiger partial charge in [-0.25, -0.2) is 0 Å². The summed E-state index contributed by atoms with van der Waals surface area (Å²) in [5.41, 5.74) is 3.16. The van der Waals surface area contributed by atoms with Crippen LogP contribution >= 0.6 is 0 Å². The van der Waals surface area contributed by atoms with Crippen LogP contribution in [0.5, 0.6) is 17.2 Å². The SMILES string of the molecule is COc1ccc(C(=O)C(C)OC(=O)CCCC(=O)Nc2ccc(Oc3c(C)cccc3C)cc2)cc1. The first kappa shape index (κ1) is 26.5. The highest BCUT2D eigenvalue weighted by molar-refractivity contribution is 6.00. The number of Topliss-reactive ketones (excluding diaryl/α,β-unsaturated/α-hetero) is 1. The molecule has 3 aromatic carbocycles. The zero-order valence-corrected chi connectivity index (χ0v) is 21.0. The van der Waals surface area contributed by atoms with Crippen molar-refractivity contribution in [3.8, 4) is 17.2 Å². The molecule has 0 spiro atoms. The molecule has 0 saturated carbocycles. The number of para-hydroxylation sites is 1. The Labute approximate surface area is 211 Å². The molecule has 7 nitrogen and oxygen atoms in total. The summed E-state index contributed by atoms with van der Waals surface area (Å²) in [5.74, 6) is 1.09. The lowest BCUT2D eigenvalue weighted by atomic mass is 10.1. The Morgan fingerprint density at radius 2 is 1.44 bits per heavy atom. The molecular formula is C29H31NO6. The summed E-state index contributed by atoms with van der Waals surface area (Å²) in [6.07, 6.45) is -0.418. The Kier molecular flexibility index (Phi) is 9.22. The van der Waals surface area contributed by atoms with E-state index in [0.29, 0.717) is 29.2 Å². The highest BCUT2D eigenvalue weighted by Gasteiger charge is 2.19. The van der Waals surface area contributed by atoms with Crippen molar-refractivity contribution < 1.29 is 28.6 Å². The average Bonchev–Trinajstić information content (AvgIpc) is 2.87. The maximum atomic E-state index is 12.4. The number of hydrogen-bond acceptors (Lipinski definition) is 6. The summed E-state index contributed by atoms with van der Waals surface area (Å²) in [5, 5.41) is 2.81. The van der Waals surface area contributed by atoms with E-state index >= 15 is 0 Å². The molecule has 0 aliphatic heterocycles. The molecule has 188 valence electrons. The van der Waals surface area contributed by atoms with E-state index in [2.05, 4.69) is 5.32 Å². The number of benzene rings is 3. The van der Waals surface area contributed by atoms with Crippen molar-refractivity contribution in [1.82, 2.24) is 0 Å². The van der Waals surface area contributed by atoms with Gasteiger partial charge in [-0.05, 0) is 86.8 Å². The maximum absolute atomic E-state index is 12.4. The summed E-state index contributed by atoms with van der Waals surface area (Å²) >= 11 is 0. The van der Waals surface area contributed by atoms with Gasteiger partial charge in [0.25, 0.3) is 0 Å². The van der Waals surface area contributed by atoms with Crippen molar-refractivity contribution in [2.45, 2.75) is 46.1 Å². The van der Waals surface area contributed by atoms with E-state index in [-0.39, 0.29) is 24.5 Å². The average molecular weight is 490 g/mol. The second-order valence-electron chi connectivity index (χ2n) is 8.47. The lowest BCUT2D eigenvalue weighted by molar-refractivity contribution is -0.146. The van der Waals surface area contributed by atoms with E-state index in [0.717, 1.165) is 16.9 Å². The highest BCUT2D eigenvalue weighted by atomic mass is 16.5. The second kappa shape index (κ2) is 12.5. The number of amides is 1. The molecule has 0 aliphatic rings. The van der Waals surface area contributed by atoms with Crippen LogP contribution in [0.4, 0.5) is 5.69 Å². The van der Waals surface area contributed by atoms with E-state index in [1.807, 2.05) is 32.0 Å². The number of nitrogens with one attached hydrogen (secondary N) is 1. The molecule has 1 atom stereocenters. The molecule has 1 amide bonds. The first-order chi connectivity index (χ1) is 17.3. The number of hydrogen-bond donors (Lipinski definition) is 1. The predicted octanol–water partition coefficient (Wildman–Crippen LogP) is 6.03. The number of carbonyl (C=O) groups excluding carboxylic acids is 3. The minimum atomic E-state index is -0.913. The second-order valence-corrected chi connectivity index (χ2v) is 8.47. The summed E-state index contributed by atoms with van der Waals surface area (Å²) < 4.78 is 16.3. The van der Waals surface area contributed by atoms with Crippen LogP contribution in [-0.4, -0.2) is 30.9 Å². The van der Waals surface area contributed by atoms with Crippen LogP contribution in [0.15, 0.2) is 66.7 Å². The Hall–Kier alpha value is -4.13. The fraction of sp³-hybridized carbons (Fsp3) is 0.276. The Morgan fingerprint density at radius 3 is 2.06 bits per heavy atom. The predicted molar refractivity (Wildman–Crippen MR) is 138 cm³/mol. The van der Waals surface area contributed by atoms with Crippen molar-refractivity contribution in [3.63, 3.8) is 0 Å². The summed E-state index contributed by atoms with van der Waals surface area (Å²) in [6.45, 7) is 5.52. The minimum absolute atomic E-state index is 0.0379. The molecule has 3 aromatic rings. The number of esters is 1. The third-order valence-corrected chi connectivity index (χ3v) is 5.60. The number of ether oxygens (including phenoxy) is 3. The lowest BCUT2D eigenvalue weighted by Gasteiger charge is -2.13. The largest absolute Gasteiger partial charge is 0.497 e. The van der Waals surface area contributed by atoms with Gasteiger partial charge in [0.1, 0.15) is 17.2 Å². The summed E-state index contributed by atoms with van der Waals surface area (Å²) in [4.78, 5) is 36.8. The topological polar surface area (TPSA) is 90.9 Å². The molecule has 0 heterocycles. The maximum Gasteiger partial charge on any atom is 0.306 e. The Morgan fingerprint density at radius 1 is 0.833 bits per heavy atom. The molecule has 36 heavy (non-hydrogen) atoms. The molecule has 0 radical (unpaired) electrons. The van der Waals surface area contributed by atoms with Gasteiger partial charge in [0.15, 0.2) is 6.10 Å². The first-order valence-corrected chi connectivity index (χ1v) is 11.8.